The monoisotopic (exact) mass is 238 g/mol. The zero-order valence-corrected chi connectivity index (χ0v) is 9.64. The van der Waals surface area contributed by atoms with Gasteiger partial charge in [0.1, 0.15) is 11.8 Å². The normalized spacial score (nSPS) is 11.6. The zero-order valence-electron chi connectivity index (χ0n) is 9.64. The Morgan fingerprint density at radius 1 is 1.59 bits per heavy atom. The topological polar surface area (TPSA) is 88.5 Å². The molecule has 0 bridgehead atoms. The molecule has 6 nitrogen and oxygen atoms in total. The number of rotatable bonds is 4. The Bertz CT molecular complexity index is 420. The van der Waals surface area contributed by atoms with Crippen LogP contribution in [0.1, 0.15) is 23.8 Å². The first-order valence-corrected chi connectivity index (χ1v) is 5.12. The number of aromatic nitrogens is 1. The number of aromatic hydroxyl groups is 1. The van der Waals surface area contributed by atoms with Gasteiger partial charge in [0.05, 0.1) is 7.11 Å². The number of hydrogen-bond acceptors (Lipinski definition) is 5. The summed E-state index contributed by atoms with van der Waals surface area (Å²) in [7, 11) is 1.25. The zero-order chi connectivity index (χ0) is 12.8. The predicted octanol–water partition coefficient (Wildman–Crippen LogP) is 0.469. The van der Waals surface area contributed by atoms with Crippen molar-refractivity contribution in [3.63, 3.8) is 0 Å². The summed E-state index contributed by atoms with van der Waals surface area (Å²) in [5.41, 5.74) is -0.116. The maximum absolute atomic E-state index is 11.7. The summed E-state index contributed by atoms with van der Waals surface area (Å²) in [6.07, 6.45) is 1.78. The molecule has 1 rings (SSSR count). The Morgan fingerprint density at radius 2 is 2.29 bits per heavy atom. The molecule has 0 aliphatic carbocycles. The molecule has 1 aromatic rings. The summed E-state index contributed by atoms with van der Waals surface area (Å²) < 4.78 is 4.53. The maximum atomic E-state index is 11.7. The fourth-order valence-corrected chi connectivity index (χ4v) is 1.27. The molecular formula is C11H14N2O4. The molecule has 0 fully saturated rings. The van der Waals surface area contributed by atoms with Gasteiger partial charge in [-0.05, 0) is 18.6 Å². The highest BCUT2D eigenvalue weighted by Crippen LogP contribution is 2.12. The first-order chi connectivity index (χ1) is 8.10. The Balaban J connectivity index is 2.78. The van der Waals surface area contributed by atoms with E-state index >= 15 is 0 Å². The molecule has 0 aliphatic heterocycles. The summed E-state index contributed by atoms with van der Waals surface area (Å²) >= 11 is 0. The summed E-state index contributed by atoms with van der Waals surface area (Å²) in [5.74, 6) is -1.37. The molecular weight excluding hydrogens is 224 g/mol. The largest absolute Gasteiger partial charge is 0.505 e. The fraction of sp³-hybridized carbons (Fsp3) is 0.364. The minimum Gasteiger partial charge on any atom is -0.505 e. The van der Waals surface area contributed by atoms with Gasteiger partial charge >= 0.3 is 5.97 Å². The Hall–Kier alpha value is -2.11. The quantitative estimate of drug-likeness (QED) is 0.744. The SMILES string of the molecule is CCC(NC(=O)c1ncccc1O)C(=O)OC. The first-order valence-electron chi connectivity index (χ1n) is 5.12. The fourth-order valence-electron chi connectivity index (χ4n) is 1.27. The molecule has 17 heavy (non-hydrogen) atoms. The van der Waals surface area contributed by atoms with Gasteiger partial charge in [-0.25, -0.2) is 9.78 Å². The molecule has 0 aliphatic rings. The van der Waals surface area contributed by atoms with Crippen molar-refractivity contribution in [2.45, 2.75) is 19.4 Å². The molecule has 1 aromatic heterocycles. The predicted molar refractivity (Wildman–Crippen MR) is 59.5 cm³/mol. The number of nitrogens with one attached hydrogen (secondary N) is 1. The van der Waals surface area contributed by atoms with Crippen molar-refractivity contribution in [2.24, 2.45) is 0 Å². The number of nitrogens with zero attached hydrogens (tertiary/aromatic N) is 1. The van der Waals surface area contributed by atoms with Gasteiger partial charge in [0.2, 0.25) is 0 Å². The van der Waals surface area contributed by atoms with Crippen LogP contribution in [0, 0.1) is 0 Å². The molecule has 2 N–H and O–H groups in total. The minimum absolute atomic E-state index is 0.116. The lowest BCUT2D eigenvalue weighted by atomic mass is 10.2. The Labute approximate surface area is 98.6 Å². The van der Waals surface area contributed by atoms with Gasteiger partial charge in [-0.1, -0.05) is 6.92 Å². The molecule has 1 unspecified atom stereocenters. The van der Waals surface area contributed by atoms with Crippen molar-refractivity contribution in [3.05, 3.63) is 24.0 Å². The van der Waals surface area contributed by atoms with Crippen LogP contribution >= 0.6 is 0 Å². The lowest BCUT2D eigenvalue weighted by Crippen LogP contribution is -2.41. The van der Waals surface area contributed by atoms with Crippen molar-refractivity contribution in [1.82, 2.24) is 10.3 Å². The standard InChI is InChI=1S/C11H14N2O4/c1-3-7(11(16)17-2)13-10(15)9-8(14)5-4-6-12-9/h4-7,14H,3H2,1-2H3,(H,13,15). The van der Waals surface area contributed by atoms with Crippen LogP contribution in [-0.2, 0) is 9.53 Å². The average molecular weight is 238 g/mol. The van der Waals surface area contributed by atoms with Gasteiger partial charge < -0.3 is 15.2 Å². The molecule has 0 saturated heterocycles. The van der Waals surface area contributed by atoms with E-state index in [1.165, 1.54) is 25.4 Å². The molecule has 0 saturated carbocycles. The van der Waals surface area contributed by atoms with Gasteiger partial charge in [-0.2, -0.15) is 0 Å². The molecule has 0 aromatic carbocycles. The third-order valence-corrected chi connectivity index (χ3v) is 2.20. The van der Waals surface area contributed by atoms with Crippen LogP contribution in [0.15, 0.2) is 18.3 Å². The molecule has 0 spiro atoms. The second-order valence-corrected chi connectivity index (χ2v) is 3.33. The van der Waals surface area contributed by atoms with Gasteiger partial charge in [0, 0.05) is 6.20 Å². The van der Waals surface area contributed by atoms with Gasteiger partial charge in [0.25, 0.3) is 5.91 Å². The van der Waals surface area contributed by atoms with E-state index in [4.69, 9.17) is 0 Å². The van der Waals surface area contributed by atoms with Crippen LogP contribution in [-0.4, -0.2) is 35.1 Å². The first kappa shape index (κ1) is 13.0. The van der Waals surface area contributed by atoms with Crippen LogP contribution < -0.4 is 5.32 Å². The summed E-state index contributed by atoms with van der Waals surface area (Å²) in [5, 5.41) is 11.9. The Kier molecular flexibility index (Phi) is 4.45. The summed E-state index contributed by atoms with van der Waals surface area (Å²) in [6.45, 7) is 1.74. The van der Waals surface area contributed by atoms with E-state index in [1.54, 1.807) is 6.92 Å². The van der Waals surface area contributed by atoms with E-state index in [1.807, 2.05) is 0 Å². The van der Waals surface area contributed by atoms with Crippen LogP contribution in [0.5, 0.6) is 5.75 Å². The van der Waals surface area contributed by atoms with E-state index in [0.29, 0.717) is 6.42 Å². The van der Waals surface area contributed by atoms with E-state index in [2.05, 4.69) is 15.0 Å². The lowest BCUT2D eigenvalue weighted by molar-refractivity contribution is -0.142. The number of amides is 1. The number of ether oxygens (including phenoxy) is 1. The van der Waals surface area contributed by atoms with E-state index in [0.717, 1.165) is 0 Å². The number of pyridine rings is 1. The van der Waals surface area contributed by atoms with Crippen molar-refractivity contribution in [2.75, 3.05) is 7.11 Å². The highest BCUT2D eigenvalue weighted by atomic mass is 16.5. The van der Waals surface area contributed by atoms with Gasteiger partial charge in [-0.15, -0.1) is 0 Å². The number of hydrogen-bond donors (Lipinski definition) is 2. The molecule has 0 radical (unpaired) electrons. The maximum Gasteiger partial charge on any atom is 0.328 e. The lowest BCUT2D eigenvalue weighted by Gasteiger charge is -2.14. The highest BCUT2D eigenvalue weighted by Gasteiger charge is 2.22. The van der Waals surface area contributed by atoms with Crippen molar-refractivity contribution >= 4 is 11.9 Å². The van der Waals surface area contributed by atoms with Crippen LogP contribution in [0.25, 0.3) is 0 Å². The van der Waals surface area contributed by atoms with Crippen LogP contribution in [0.4, 0.5) is 0 Å². The van der Waals surface area contributed by atoms with Gasteiger partial charge in [-0.3, -0.25) is 4.79 Å². The van der Waals surface area contributed by atoms with E-state index in [-0.39, 0.29) is 11.4 Å². The summed E-state index contributed by atoms with van der Waals surface area (Å²) in [4.78, 5) is 26.7. The smallest absolute Gasteiger partial charge is 0.328 e. The molecule has 6 heteroatoms. The van der Waals surface area contributed by atoms with Crippen LogP contribution in [0.2, 0.25) is 0 Å². The number of methoxy groups -OCH3 is 1. The van der Waals surface area contributed by atoms with E-state index in [9.17, 15) is 14.7 Å². The second kappa shape index (κ2) is 5.83. The summed E-state index contributed by atoms with van der Waals surface area (Å²) in [6, 6.07) is 2.11. The molecule has 1 atom stereocenters. The number of carbonyl (C=O) groups is 2. The minimum atomic E-state index is -0.742. The Morgan fingerprint density at radius 3 is 2.82 bits per heavy atom. The molecule has 1 heterocycles. The van der Waals surface area contributed by atoms with Crippen molar-refractivity contribution < 1.29 is 19.4 Å². The van der Waals surface area contributed by atoms with E-state index < -0.39 is 17.9 Å². The molecule has 92 valence electrons. The number of esters is 1. The third-order valence-electron chi connectivity index (χ3n) is 2.20. The van der Waals surface area contributed by atoms with Crippen molar-refractivity contribution in [1.29, 1.82) is 0 Å². The second-order valence-electron chi connectivity index (χ2n) is 3.33. The van der Waals surface area contributed by atoms with Gasteiger partial charge in [0.15, 0.2) is 5.69 Å². The average Bonchev–Trinajstić information content (AvgIpc) is 2.35. The number of carbonyl (C=O) groups excluding carboxylic acids is 2. The van der Waals surface area contributed by atoms with Crippen molar-refractivity contribution in [3.8, 4) is 5.75 Å². The third kappa shape index (κ3) is 3.17. The van der Waals surface area contributed by atoms with Crippen LogP contribution in [0.3, 0.4) is 0 Å². The molecule has 1 amide bonds. The highest BCUT2D eigenvalue weighted by molar-refractivity contribution is 5.97.